The molecule has 78 valence electrons. The summed E-state index contributed by atoms with van der Waals surface area (Å²) in [6.07, 6.45) is -1.98. The summed E-state index contributed by atoms with van der Waals surface area (Å²) in [7, 11) is 1.51. The summed E-state index contributed by atoms with van der Waals surface area (Å²) in [5.41, 5.74) is -1.06. The SMILES string of the molecule is Cn1nc(C(F)F)c2c1C(C)(F)CC2. The smallest absolute Gasteiger partial charge is 0.269 e. The van der Waals surface area contributed by atoms with Gasteiger partial charge in [0.1, 0.15) is 11.4 Å². The Morgan fingerprint density at radius 2 is 2.14 bits per heavy atom. The lowest BCUT2D eigenvalue weighted by molar-refractivity contribution is 0.143. The van der Waals surface area contributed by atoms with E-state index >= 15 is 0 Å². The number of aryl methyl sites for hydroxylation is 1. The summed E-state index contributed by atoms with van der Waals surface area (Å²) in [4.78, 5) is 0. The molecule has 1 heterocycles. The average molecular weight is 204 g/mol. The first kappa shape index (κ1) is 9.55. The first-order valence-corrected chi connectivity index (χ1v) is 4.47. The summed E-state index contributed by atoms with van der Waals surface area (Å²) >= 11 is 0. The molecule has 14 heavy (non-hydrogen) atoms. The quantitative estimate of drug-likeness (QED) is 0.687. The van der Waals surface area contributed by atoms with Crippen LogP contribution in [0.3, 0.4) is 0 Å². The van der Waals surface area contributed by atoms with Gasteiger partial charge in [-0.2, -0.15) is 5.10 Å². The number of alkyl halides is 3. The van der Waals surface area contributed by atoms with E-state index in [-0.39, 0.29) is 12.1 Å². The van der Waals surface area contributed by atoms with Crippen LogP contribution in [0.25, 0.3) is 0 Å². The minimum Gasteiger partial charge on any atom is -0.269 e. The Balaban J connectivity index is 2.58. The van der Waals surface area contributed by atoms with E-state index in [2.05, 4.69) is 5.10 Å². The van der Waals surface area contributed by atoms with Gasteiger partial charge in [0.25, 0.3) is 6.43 Å². The zero-order valence-electron chi connectivity index (χ0n) is 8.02. The molecular weight excluding hydrogens is 193 g/mol. The maximum atomic E-state index is 13.8. The molecule has 1 atom stereocenters. The first-order chi connectivity index (χ1) is 6.43. The lowest BCUT2D eigenvalue weighted by Crippen LogP contribution is -2.15. The standard InChI is InChI=1S/C9H11F3N2/c1-9(12)4-3-5-6(8(10)11)13-14(2)7(5)9/h8H,3-4H2,1-2H3. The van der Waals surface area contributed by atoms with Crippen LogP contribution in [0.1, 0.15) is 36.7 Å². The van der Waals surface area contributed by atoms with E-state index in [0.717, 1.165) is 0 Å². The van der Waals surface area contributed by atoms with Gasteiger partial charge in [-0.05, 0) is 19.8 Å². The molecule has 1 aromatic heterocycles. The lowest BCUT2D eigenvalue weighted by Gasteiger charge is -2.13. The molecule has 0 amide bonds. The Morgan fingerprint density at radius 1 is 1.50 bits per heavy atom. The maximum Gasteiger partial charge on any atom is 0.282 e. The molecule has 0 N–H and O–H groups in total. The Kier molecular flexibility index (Phi) is 1.87. The van der Waals surface area contributed by atoms with Crippen molar-refractivity contribution in [1.82, 2.24) is 9.78 Å². The topological polar surface area (TPSA) is 17.8 Å². The van der Waals surface area contributed by atoms with Crippen LogP contribution in [-0.2, 0) is 19.1 Å². The first-order valence-electron chi connectivity index (χ1n) is 4.47. The number of rotatable bonds is 1. The Hall–Kier alpha value is -1.00. The fourth-order valence-electron chi connectivity index (χ4n) is 2.14. The number of hydrogen-bond acceptors (Lipinski definition) is 1. The highest BCUT2D eigenvalue weighted by Crippen LogP contribution is 2.42. The zero-order valence-corrected chi connectivity index (χ0v) is 8.02. The third kappa shape index (κ3) is 1.14. The molecule has 1 aliphatic rings. The van der Waals surface area contributed by atoms with Crippen molar-refractivity contribution in [2.24, 2.45) is 7.05 Å². The van der Waals surface area contributed by atoms with Crippen LogP contribution in [0, 0.1) is 0 Å². The number of fused-ring (bicyclic) bond motifs is 1. The van der Waals surface area contributed by atoms with E-state index in [9.17, 15) is 13.2 Å². The Labute approximate surface area is 79.7 Å². The van der Waals surface area contributed by atoms with Crippen molar-refractivity contribution in [3.8, 4) is 0 Å². The second kappa shape index (κ2) is 2.74. The van der Waals surface area contributed by atoms with Gasteiger partial charge in [-0.25, -0.2) is 13.2 Å². The van der Waals surface area contributed by atoms with Gasteiger partial charge in [0, 0.05) is 12.6 Å². The van der Waals surface area contributed by atoms with Crippen LogP contribution in [0.4, 0.5) is 13.2 Å². The van der Waals surface area contributed by atoms with Gasteiger partial charge in [0.05, 0.1) is 5.69 Å². The highest BCUT2D eigenvalue weighted by atomic mass is 19.3. The molecular formula is C9H11F3N2. The minimum absolute atomic E-state index is 0.260. The molecule has 0 aromatic carbocycles. The molecule has 1 unspecified atom stereocenters. The van der Waals surface area contributed by atoms with Crippen LogP contribution in [0.15, 0.2) is 0 Å². The number of aromatic nitrogens is 2. The number of hydrogen-bond donors (Lipinski definition) is 0. The molecule has 0 saturated carbocycles. The fourth-order valence-corrected chi connectivity index (χ4v) is 2.14. The molecule has 5 heteroatoms. The number of nitrogens with zero attached hydrogens (tertiary/aromatic N) is 2. The van der Waals surface area contributed by atoms with Crippen LogP contribution < -0.4 is 0 Å². The molecule has 0 saturated heterocycles. The van der Waals surface area contributed by atoms with E-state index in [4.69, 9.17) is 0 Å². The van der Waals surface area contributed by atoms with Crippen molar-refractivity contribution in [2.45, 2.75) is 31.9 Å². The third-order valence-corrected chi connectivity index (χ3v) is 2.72. The summed E-state index contributed by atoms with van der Waals surface area (Å²) < 4.78 is 40.1. The normalized spacial score (nSPS) is 25.9. The molecule has 1 aromatic rings. The average Bonchev–Trinajstić information content (AvgIpc) is 2.53. The fraction of sp³-hybridized carbons (Fsp3) is 0.667. The van der Waals surface area contributed by atoms with Crippen LogP contribution in [0.5, 0.6) is 0 Å². The molecule has 0 spiro atoms. The molecule has 0 fully saturated rings. The monoisotopic (exact) mass is 204 g/mol. The Morgan fingerprint density at radius 3 is 2.71 bits per heavy atom. The van der Waals surface area contributed by atoms with Gasteiger partial charge in [0.15, 0.2) is 0 Å². The van der Waals surface area contributed by atoms with Crippen molar-refractivity contribution < 1.29 is 13.2 Å². The second-order valence-corrected chi connectivity index (χ2v) is 3.83. The Bertz CT molecular complexity index is 368. The van der Waals surface area contributed by atoms with Crippen molar-refractivity contribution in [3.05, 3.63) is 17.0 Å². The summed E-state index contributed by atoms with van der Waals surface area (Å²) in [5.74, 6) is 0. The van der Waals surface area contributed by atoms with E-state index in [1.807, 2.05) is 0 Å². The van der Waals surface area contributed by atoms with Crippen LogP contribution in [-0.4, -0.2) is 9.78 Å². The number of halogens is 3. The zero-order chi connectivity index (χ0) is 10.5. The molecule has 1 aliphatic carbocycles. The molecule has 0 radical (unpaired) electrons. The predicted octanol–water partition coefficient (Wildman–Crippen LogP) is 2.49. The van der Waals surface area contributed by atoms with Crippen LogP contribution in [0.2, 0.25) is 0 Å². The van der Waals surface area contributed by atoms with Crippen molar-refractivity contribution >= 4 is 0 Å². The van der Waals surface area contributed by atoms with E-state index < -0.39 is 12.1 Å². The summed E-state index contributed by atoms with van der Waals surface area (Å²) in [5, 5.41) is 3.65. The van der Waals surface area contributed by atoms with Gasteiger partial charge in [-0.3, -0.25) is 4.68 Å². The highest BCUT2D eigenvalue weighted by Gasteiger charge is 2.41. The summed E-state index contributed by atoms with van der Waals surface area (Å²) in [6, 6.07) is 0. The van der Waals surface area contributed by atoms with Crippen molar-refractivity contribution in [2.75, 3.05) is 0 Å². The van der Waals surface area contributed by atoms with Gasteiger partial charge >= 0.3 is 0 Å². The lowest BCUT2D eigenvalue weighted by atomic mass is 10.1. The van der Waals surface area contributed by atoms with Gasteiger partial charge < -0.3 is 0 Å². The third-order valence-electron chi connectivity index (χ3n) is 2.72. The summed E-state index contributed by atoms with van der Waals surface area (Å²) in [6.45, 7) is 1.41. The van der Waals surface area contributed by atoms with Crippen molar-refractivity contribution in [1.29, 1.82) is 0 Å². The van der Waals surface area contributed by atoms with E-state index in [1.54, 1.807) is 0 Å². The van der Waals surface area contributed by atoms with Crippen molar-refractivity contribution in [3.63, 3.8) is 0 Å². The predicted molar refractivity (Wildman–Crippen MR) is 44.9 cm³/mol. The van der Waals surface area contributed by atoms with E-state index in [1.165, 1.54) is 18.7 Å². The molecule has 2 nitrogen and oxygen atoms in total. The van der Waals surface area contributed by atoms with E-state index in [0.29, 0.717) is 17.7 Å². The second-order valence-electron chi connectivity index (χ2n) is 3.83. The van der Waals surface area contributed by atoms with Gasteiger partial charge in [-0.15, -0.1) is 0 Å². The largest absolute Gasteiger partial charge is 0.282 e. The maximum absolute atomic E-state index is 13.8. The molecule has 0 bridgehead atoms. The van der Waals surface area contributed by atoms with Gasteiger partial charge in [-0.1, -0.05) is 0 Å². The van der Waals surface area contributed by atoms with Crippen LogP contribution >= 0.6 is 0 Å². The molecule has 0 aliphatic heterocycles. The molecule has 2 rings (SSSR count). The highest BCUT2D eigenvalue weighted by molar-refractivity contribution is 5.36. The van der Waals surface area contributed by atoms with Gasteiger partial charge in [0.2, 0.25) is 0 Å². The minimum atomic E-state index is -2.61.